The Morgan fingerprint density at radius 2 is 1.95 bits per heavy atom. The van der Waals surface area contributed by atoms with E-state index in [1.54, 1.807) is 11.8 Å². The third-order valence-electron chi connectivity index (χ3n) is 4.14. The Morgan fingerprint density at radius 3 is 2.67 bits per heavy atom. The molecule has 0 unspecified atom stereocenters. The smallest absolute Gasteiger partial charge is 0.137 e. The number of halogens is 1. The van der Waals surface area contributed by atoms with Gasteiger partial charge >= 0.3 is 0 Å². The normalized spacial score (nSPS) is 19.2. The molecule has 0 aliphatic carbocycles. The van der Waals surface area contributed by atoms with Crippen LogP contribution >= 0.6 is 11.8 Å². The second kappa shape index (κ2) is 6.22. The molecule has 0 atom stereocenters. The lowest BCUT2D eigenvalue weighted by molar-refractivity contribution is 0.342. The van der Waals surface area contributed by atoms with Gasteiger partial charge in [-0.25, -0.2) is 9.38 Å². The fourth-order valence-electron chi connectivity index (χ4n) is 2.81. The van der Waals surface area contributed by atoms with Crippen molar-refractivity contribution in [3.8, 4) is 0 Å². The summed E-state index contributed by atoms with van der Waals surface area (Å²) in [6.07, 6.45) is 3.72. The summed E-state index contributed by atoms with van der Waals surface area (Å²) in [7, 11) is 0. The average molecular weight is 304 g/mol. The highest BCUT2D eigenvalue weighted by Gasteiger charge is 2.22. The number of alkyl halides is 1. The Balaban J connectivity index is 2.09. The van der Waals surface area contributed by atoms with Gasteiger partial charge < -0.3 is 4.90 Å². The quantitative estimate of drug-likeness (QED) is 0.744. The molecule has 4 heteroatoms. The topological polar surface area (TPSA) is 15.6 Å². The van der Waals surface area contributed by atoms with Gasteiger partial charge in [0.05, 0.1) is 0 Å². The van der Waals surface area contributed by atoms with Crippen molar-refractivity contribution in [1.82, 2.24) is 4.90 Å². The van der Waals surface area contributed by atoms with Crippen LogP contribution in [0.5, 0.6) is 0 Å². The molecule has 0 saturated carbocycles. The summed E-state index contributed by atoms with van der Waals surface area (Å²) in [5, 5.41) is 0. The molecule has 0 bridgehead atoms. The maximum Gasteiger partial charge on any atom is 0.137 e. The van der Waals surface area contributed by atoms with Gasteiger partial charge in [0.1, 0.15) is 12.5 Å². The fourth-order valence-corrected chi connectivity index (χ4v) is 3.73. The van der Waals surface area contributed by atoms with Crippen LogP contribution in [0.25, 0.3) is 0 Å². The average Bonchev–Trinajstić information content (AvgIpc) is 2.65. The fraction of sp³-hybridized carbons (Fsp3) is 0.471. The molecule has 2 aliphatic rings. The number of allylic oxidation sites excluding steroid dienone is 2. The van der Waals surface area contributed by atoms with Crippen molar-refractivity contribution >= 4 is 17.6 Å². The lowest BCUT2D eigenvalue weighted by atomic mass is 10.1. The van der Waals surface area contributed by atoms with E-state index in [0.717, 1.165) is 35.7 Å². The van der Waals surface area contributed by atoms with Crippen LogP contribution in [-0.4, -0.2) is 23.8 Å². The molecule has 1 aromatic rings. The number of rotatable bonds is 1. The highest BCUT2D eigenvalue weighted by molar-refractivity contribution is 8.03. The molecule has 0 spiro atoms. The van der Waals surface area contributed by atoms with Crippen molar-refractivity contribution in [3.05, 3.63) is 39.9 Å². The molecule has 2 heterocycles. The van der Waals surface area contributed by atoms with Crippen molar-refractivity contribution in [3.63, 3.8) is 0 Å². The number of amidine groups is 1. The van der Waals surface area contributed by atoms with Gasteiger partial charge in [0, 0.05) is 34.2 Å². The minimum atomic E-state index is -0.420. The van der Waals surface area contributed by atoms with Crippen molar-refractivity contribution < 1.29 is 4.39 Å². The predicted octanol–water partition coefficient (Wildman–Crippen LogP) is 4.75. The maximum absolute atomic E-state index is 13.0. The van der Waals surface area contributed by atoms with Crippen LogP contribution in [0.15, 0.2) is 38.7 Å². The molecule has 0 amide bonds. The number of hydrogen-bond acceptors (Lipinski definition) is 3. The number of benzene rings is 1. The molecule has 1 saturated heterocycles. The van der Waals surface area contributed by atoms with Gasteiger partial charge in [0.2, 0.25) is 0 Å². The van der Waals surface area contributed by atoms with Crippen LogP contribution in [0.4, 0.5) is 4.39 Å². The molecule has 0 N–H and O–H groups in total. The maximum atomic E-state index is 13.0. The van der Waals surface area contributed by atoms with E-state index in [9.17, 15) is 4.39 Å². The molecule has 21 heavy (non-hydrogen) atoms. The van der Waals surface area contributed by atoms with Gasteiger partial charge in [-0.15, -0.1) is 0 Å². The third kappa shape index (κ3) is 3.00. The summed E-state index contributed by atoms with van der Waals surface area (Å²) >= 11 is 1.74. The Bertz CT molecular complexity index is 601. The molecule has 3 rings (SSSR count). The van der Waals surface area contributed by atoms with Crippen molar-refractivity contribution in [2.24, 2.45) is 4.99 Å². The number of hydrogen-bond donors (Lipinski definition) is 0. The Hall–Kier alpha value is -1.29. The van der Waals surface area contributed by atoms with Gasteiger partial charge in [-0.1, -0.05) is 17.8 Å². The summed E-state index contributed by atoms with van der Waals surface area (Å²) in [4.78, 5) is 9.65. The predicted molar refractivity (Wildman–Crippen MR) is 87.4 cm³/mol. The first-order valence-corrected chi connectivity index (χ1v) is 8.39. The Labute approximate surface area is 130 Å². The van der Waals surface area contributed by atoms with Gasteiger partial charge in [0.25, 0.3) is 0 Å². The first-order valence-electron chi connectivity index (χ1n) is 7.57. The lowest BCUT2D eigenvalue weighted by Gasteiger charge is -2.30. The van der Waals surface area contributed by atoms with Gasteiger partial charge in [0.15, 0.2) is 0 Å². The van der Waals surface area contributed by atoms with Crippen LogP contribution < -0.4 is 0 Å². The number of likely N-dealkylation sites (tertiary alicyclic amines) is 1. The lowest BCUT2D eigenvalue weighted by Crippen LogP contribution is -2.36. The molecule has 112 valence electrons. The van der Waals surface area contributed by atoms with E-state index in [1.807, 2.05) is 18.2 Å². The van der Waals surface area contributed by atoms with E-state index in [-0.39, 0.29) is 0 Å². The Morgan fingerprint density at radius 1 is 1.19 bits per heavy atom. The highest BCUT2D eigenvalue weighted by Crippen LogP contribution is 2.36. The second-order valence-electron chi connectivity index (χ2n) is 5.69. The largest absolute Gasteiger partial charge is 0.356 e. The number of fused-ring (bicyclic) bond motifs is 1. The van der Waals surface area contributed by atoms with Gasteiger partial charge in [-0.2, -0.15) is 0 Å². The SMILES string of the molecule is CC1=C(C)Sc2ccc(CF)cc2C(N2CCCCC2)=N1. The van der Waals surface area contributed by atoms with Crippen molar-refractivity contribution in [2.45, 2.75) is 44.7 Å². The van der Waals surface area contributed by atoms with Gasteiger partial charge in [-0.05, 0) is 50.8 Å². The van der Waals surface area contributed by atoms with Crippen LogP contribution in [0.3, 0.4) is 0 Å². The summed E-state index contributed by atoms with van der Waals surface area (Å²) in [6.45, 7) is 5.85. The van der Waals surface area contributed by atoms with Crippen LogP contribution in [0.2, 0.25) is 0 Å². The van der Waals surface area contributed by atoms with Crippen LogP contribution in [0.1, 0.15) is 44.2 Å². The van der Waals surface area contributed by atoms with E-state index < -0.39 is 6.67 Å². The summed E-state index contributed by atoms with van der Waals surface area (Å²) in [5.41, 5.74) is 2.89. The van der Waals surface area contributed by atoms with Crippen LogP contribution in [0, 0.1) is 0 Å². The third-order valence-corrected chi connectivity index (χ3v) is 5.32. The number of nitrogens with zero attached hydrogens (tertiary/aromatic N) is 2. The summed E-state index contributed by atoms with van der Waals surface area (Å²) in [5.74, 6) is 1.03. The number of piperidine rings is 1. The second-order valence-corrected chi connectivity index (χ2v) is 6.95. The summed E-state index contributed by atoms with van der Waals surface area (Å²) < 4.78 is 13.0. The monoisotopic (exact) mass is 304 g/mol. The molecule has 1 fully saturated rings. The minimum absolute atomic E-state index is 0.420. The van der Waals surface area contributed by atoms with E-state index >= 15 is 0 Å². The summed E-state index contributed by atoms with van der Waals surface area (Å²) in [6, 6.07) is 5.89. The zero-order valence-electron chi connectivity index (χ0n) is 12.7. The molecule has 2 aliphatic heterocycles. The standard InChI is InChI=1S/C17H21FN2S/c1-12-13(2)21-16-7-6-14(11-18)10-15(16)17(19-12)20-8-4-3-5-9-20/h6-7,10H,3-5,8-9,11H2,1-2H3. The minimum Gasteiger partial charge on any atom is -0.356 e. The molecule has 2 nitrogen and oxygen atoms in total. The number of aliphatic imine (C=N–C) groups is 1. The van der Waals surface area contributed by atoms with E-state index in [1.165, 1.54) is 29.1 Å². The first-order chi connectivity index (χ1) is 10.2. The van der Waals surface area contributed by atoms with E-state index in [0.29, 0.717) is 0 Å². The Kier molecular flexibility index (Phi) is 4.34. The first kappa shape index (κ1) is 14.6. The zero-order chi connectivity index (χ0) is 14.8. The van der Waals surface area contributed by atoms with Crippen molar-refractivity contribution in [2.75, 3.05) is 13.1 Å². The van der Waals surface area contributed by atoms with E-state index in [2.05, 4.69) is 18.7 Å². The van der Waals surface area contributed by atoms with E-state index in [4.69, 9.17) is 4.99 Å². The molecular weight excluding hydrogens is 283 g/mol. The molecule has 0 aromatic heterocycles. The van der Waals surface area contributed by atoms with Crippen LogP contribution in [-0.2, 0) is 6.67 Å². The van der Waals surface area contributed by atoms with Gasteiger partial charge in [-0.3, -0.25) is 0 Å². The van der Waals surface area contributed by atoms with Crippen molar-refractivity contribution in [1.29, 1.82) is 0 Å². The zero-order valence-corrected chi connectivity index (χ0v) is 13.5. The number of thioether (sulfide) groups is 1. The molecule has 0 radical (unpaired) electrons. The molecule has 1 aromatic carbocycles. The molecular formula is C17H21FN2S. The highest BCUT2D eigenvalue weighted by atomic mass is 32.2.